The molecular formula is C12H19N3O. The van der Waals surface area contributed by atoms with Crippen LogP contribution in [0.3, 0.4) is 0 Å². The summed E-state index contributed by atoms with van der Waals surface area (Å²) in [6.07, 6.45) is 8.38. The topological polar surface area (TPSA) is 61.0 Å². The predicted molar refractivity (Wildman–Crippen MR) is 62.0 cm³/mol. The van der Waals surface area contributed by atoms with Gasteiger partial charge in [0.1, 0.15) is 6.10 Å². The van der Waals surface area contributed by atoms with Gasteiger partial charge in [0.2, 0.25) is 5.88 Å². The van der Waals surface area contributed by atoms with Crippen LogP contribution in [0.4, 0.5) is 0 Å². The van der Waals surface area contributed by atoms with Crippen LogP contribution in [-0.4, -0.2) is 16.1 Å². The zero-order valence-corrected chi connectivity index (χ0v) is 9.72. The molecule has 1 aromatic heterocycles. The van der Waals surface area contributed by atoms with E-state index in [1.54, 1.807) is 12.4 Å². The van der Waals surface area contributed by atoms with E-state index in [-0.39, 0.29) is 0 Å². The first-order valence-electron chi connectivity index (χ1n) is 5.95. The maximum absolute atomic E-state index is 5.82. The van der Waals surface area contributed by atoms with E-state index in [1.807, 2.05) is 0 Å². The van der Waals surface area contributed by atoms with Gasteiger partial charge in [-0.05, 0) is 31.6 Å². The third-order valence-electron chi connectivity index (χ3n) is 3.12. The van der Waals surface area contributed by atoms with Gasteiger partial charge in [0, 0.05) is 12.7 Å². The number of nitrogens with two attached hydrogens (primary N) is 1. The summed E-state index contributed by atoms with van der Waals surface area (Å²) in [6, 6.07) is 0. The summed E-state index contributed by atoms with van der Waals surface area (Å²) >= 11 is 0. The Morgan fingerprint density at radius 3 is 2.75 bits per heavy atom. The Bertz CT molecular complexity index is 335. The molecule has 1 fully saturated rings. The molecule has 0 atom stereocenters. The number of ether oxygens (including phenoxy) is 1. The minimum Gasteiger partial charge on any atom is -0.473 e. The molecule has 0 radical (unpaired) electrons. The van der Waals surface area contributed by atoms with Crippen molar-refractivity contribution < 1.29 is 4.74 Å². The maximum atomic E-state index is 5.82. The van der Waals surface area contributed by atoms with Gasteiger partial charge in [-0.15, -0.1) is 0 Å². The predicted octanol–water partition coefficient (Wildman–Crippen LogP) is 1.89. The summed E-state index contributed by atoms with van der Waals surface area (Å²) in [5.74, 6) is 1.45. The quantitative estimate of drug-likeness (QED) is 0.846. The average Bonchev–Trinajstić information content (AvgIpc) is 2.32. The third-order valence-corrected chi connectivity index (χ3v) is 3.12. The summed E-state index contributed by atoms with van der Waals surface area (Å²) in [7, 11) is 0. The number of aromatic nitrogens is 2. The fourth-order valence-corrected chi connectivity index (χ4v) is 2.06. The summed E-state index contributed by atoms with van der Waals surface area (Å²) < 4.78 is 5.82. The van der Waals surface area contributed by atoms with Gasteiger partial charge in [-0.25, -0.2) is 4.98 Å². The van der Waals surface area contributed by atoms with Crippen LogP contribution in [0.5, 0.6) is 5.88 Å². The molecule has 0 amide bonds. The van der Waals surface area contributed by atoms with Gasteiger partial charge in [0.25, 0.3) is 0 Å². The van der Waals surface area contributed by atoms with Crippen LogP contribution >= 0.6 is 0 Å². The largest absolute Gasteiger partial charge is 0.473 e. The number of hydrogen-bond acceptors (Lipinski definition) is 4. The van der Waals surface area contributed by atoms with E-state index in [0.717, 1.165) is 24.5 Å². The molecule has 0 aromatic carbocycles. The van der Waals surface area contributed by atoms with Crippen molar-refractivity contribution in [2.75, 3.05) is 0 Å². The Morgan fingerprint density at radius 1 is 1.31 bits per heavy atom. The van der Waals surface area contributed by atoms with Crippen molar-refractivity contribution in [3.8, 4) is 5.88 Å². The molecule has 0 unspecified atom stereocenters. The van der Waals surface area contributed by atoms with Gasteiger partial charge < -0.3 is 10.5 Å². The van der Waals surface area contributed by atoms with Crippen LogP contribution in [0.1, 0.15) is 38.3 Å². The van der Waals surface area contributed by atoms with Crippen molar-refractivity contribution in [3.05, 3.63) is 18.1 Å². The zero-order chi connectivity index (χ0) is 11.4. The molecule has 2 rings (SSSR count). The summed E-state index contributed by atoms with van der Waals surface area (Å²) in [4.78, 5) is 8.36. The van der Waals surface area contributed by atoms with Gasteiger partial charge in [0.05, 0.1) is 11.9 Å². The van der Waals surface area contributed by atoms with E-state index in [0.29, 0.717) is 18.5 Å². The lowest BCUT2D eigenvalue weighted by atomic mass is 9.89. The van der Waals surface area contributed by atoms with Crippen molar-refractivity contribution in [3.63, 3.8) is 0 Å². The third kappa shape index (κ3) is 2.92. The molecule has 1 heterocycles. The van der Waals surface area contributed by atoms with Gasteiger partial charge in [-0.1, -0.05) is 6.92 Å². The van der Waals surface area contributed by atoms with Crippen LogP contribution in [0, 0.1) is 5.92 Å². The van der Waals surface area contributed by atoms with Crippen molar-refractivity contribution >= 4 is 0 Å². The molecule has 88 valence electrons. The summed E-state index contributed by atoms with van der Waals surface area (Å²) in [5.41, 5.74) is 6.29. The van der Waals surface area contributed by atoms with Crippen LogP contribution in [0.2, 0.25) is 0 Å². The highest BCUT2D eigenvalue weighted by atomic mass is 16.5. The normalized spacial score (nSPS) is 25.4. The molecule has 0 saturated heterocycles. The van der Waals surface area contributed by atoms with Crippen molar-refractivity contribution in [2.24, 2.45) is 11.7 Å². The zero-order valence-electron chi connectivity index (χ0n) is 9.72. The molecule has 1 aliphatic rings. The second-order valence-electron chi connectivity index (χ2n) is 4.55. The Morgan fingerprint density at radius 2 is 2.06 bits per heavy atom. The highest BCUT2D eigenvalue weighted by Crippen LogP contribution is 2.26. The molecule has 0 bridgehead atoms. The number of hydrogen-bond donors (Lipinski definition) is 1. The molecule has 16 heavy (non-hydrogen) atoms. The fraction of sp³-hybridized carbons (Fsp3) is 0.667. The van der Waals surface area contributed by atoms with Crippen molar-refractivity contribution in [1.82, 2.24) is 9.97 Å². The smallest absolute Gasteiger partial charge is 0.232 e. The van der Waals surface area contributed by atoms with E-state index in [1.165, 1.54) is 12.8 Å². The van der Waals surface area contributed by atoms with E-state index in [9.17, 15) is 0 Å². The van der Waals surface area contributed by atoms with Gasteiger partial charge in [-0.2, -0.15) is 0 Å². The van der Waals surface area contributed by atoms with Crippen LogP contribution < -0.4 is 10.5 Å². The van der Waals surface area contributed by atoms with Crippen molar-refractivity contribution in [2.45, 2.75) is 45.3 Å². The number of rotatable bonds is 3. The monoisotopic (exact) mass is 221 g/mol. The van der Waals surface area contributed by atoms with Crippen LogP contribution in [0.25, 0.3) is 0 Å². The lowest BCUT2D eigenvalue weighted by Gasteiger charge is -2.26. The molecule has 0 spiro atoms. The fourth-order valence-electron chi connectivity index (χ4n) is 2.06. The Balaban J connectivity index is 1.93. The first-order chi connectivity index (χ1) is 7.78. The second-order valence-corrected chi connectivity index (χ2v) is 4.55. The first-order valence-corrected chi connectivity index (χ1v) is 5.95. The second kappa shape index (κ2) is 5.25. The summed E-state index contributed by atoms with van der Waals surface area (Å²) in [5, 5.41) is 0. The highest BCUT2D eigenvalue weighted by molar-refractivity contribution is 5.08. The molecule has 1 aliphatic carbocycles. The average molecular weight is 221 g/mol. The van der Waals surface area contributed by atoms with E-state index < -0.39 is 0 Å². The van der Waals surface area contributed by atoms with Crippen LogP contribution in [0.15, 0.2) is 12.4 Å². The Kier molecular flexibility index (Phi) is 3.72. The maximum Gasteiger partial charge on any atom is 0.232 e. The standard InChI is InChI=1S/C12H19N3O/c1-9-2-4-11(5-3-9)16-12-8-14-7-10(6-13)15-12/h7-9,11H,2-6,13H2,1H3. The molecule has 4 heteroatoms. The molecule has 2 N–H and O–H groups in total. The SMILES string of the molecule is CC1CCC(Oc2cncc(CN)n2)CC1. The first kappa shape index (κ1) is 11.3. The van der Waals surface area contributed by atoms with E-state index >= 15 is 0 Å². The Labute approximate surface area is 96.2 Å². The van der Waals surface area contributed by atoms with Gasteiger partial charge >= 0.3 is 0 Å². The minimum atomic E-state index is 0.304. The minimum absolute atomic E-state index is 0.304. The molecule has 0 aliphatic heterocycles. The van der Waals surface area contributed by atoms with E-state index in [2.05, 4.69) is 16.9 Å². The molecule has 1 aromatic rings. The Hall–Kier alpha value is -1.16. The van der Waals surface area contributed by atoms with Crippen molar-refractivity contribution in [1.29, 1.82) is 0 Å². The highest BCUT2D eigenvalue weighted by Gasteiger charge is 2.19. The lowest BCUT2D eigenvalue weighted by molar-refractivity contribution is 0.129. The number of nitrogens with zero attached hydrogens (tertiary/aromatic N) is 2. The lowest BCUT2D eigenvalue weighted by Crippen LogP contribution is -2.23. The molecule has 1 saturated carbocycles. The van der Waals surface area contributed by atoms with E-state index in [4.69, 9.17) is 10.5 Å². The molecular weight excluding hydrogens is 202 g/mol. The molecule has 4 nitrogen and oxygen atoms in total. The van der Waals surface area contributed by atoms with Crippen LogP contribution in [-0.2, 0) is 6.54 Å². The summed E-state index contributed by atoms with van der Waals surface area (Å²) in [6.45, 7) is 2.71. The van der Waals surface area contributed by atoms with Gasteiger partial charge in [0.15, 0.2) is 0 Å². The van der Waals surface area contributed by atoms with Gasteiger partial charge in [-0.3, -0.25) is 4.98 Å².